The van der Waals surface area contributed by atoms with Crippen LogP contribution < -0.4 is 5.32 Å². The van der Waals surface area contributed by atoms with Crippen molar-refractivity contribution in [3.63, 3.8) is 0 Å². The quantitative estimate of drug-likeness (QED) is 0.583. The van der Waals surface area contributed by atoms with E-state index in [0.29, 0.717) is 16.3 Å². The van der Waals surface area contributed by atoms with E-state index in [-0.39, 0.29) is 5.91 Å². The number of hydrogen-bond donors (Lipinski definition) is 1. The highest BCUT2D eigenvalue weighted by molar-refractivity contribution is 6.31. The van der Waals surface area contributed by atoms with Gasteiger partial charge in [-0.25, -0.2) is 0 Å². The summed E-state index contributed by atoms with van der Waals surface area (Å²) in [6.07, 6.45) is 0. The number of carbonyl (C=O) groups is 2. The van der Waals surface area contributed by atoms with Crippen molar-refractivity contribution in [2.24, 2.45) is 0 Å². The highest BCUT2D eigenvalue weighted by Crippen LogP contribution is 2.34. The summed E-state index contributed by atoms with van der Waals surface area (Å²) < 4.78 is 4.56. The van der Waals surface area contributed by atoms with Crippen molar-refractivity contribution in [1.29, 1.82) is 0 Å². The number of hydrogen-bond acceptors (Lipinski definition) is 3. The molecular formula is C10H8ClNO3. The third-order valence-corrected chi connectivity index (χ3v) is 2.52. The minimum absolute atomic E-state index is 0.376. The fraction of sp³-hybridized carbons (Fsp3) is 0.200. The zero-order valence-electron chi connectivity index (χ0n) is 7.91. The first-order valence-corrected chi connectivity index (χ1v) is 4.69. The van der Waals surface area contributed by atoms with E-state index in [1.807, 2.05) is 0 Å². The second kappa shape index (κ2) is 3.55. The Kier molecular flexibility index (Phi) is 2.36. The van der Waals surface area contributed by atoms with Gasteiger partial charge < -0.3 is 10.1 Å². The molecule has 0 aliphatic carbocycles. The van der Waals surface area contributed by atoms with Gasteiger partial charge in [-0.1, -0.05) is 11.6 Å². The Morgan fingerprint density at radius 3 is 2.93 bits per heavy atom. The number of ether oxygens (including phenoxy) is 1. The van der Waals surface area contributed by atoms with Gasteiger partial charge in [-0.15, -0.1) is 0 Å². The molecule has 5 heteroatoms. The summed E-state index contributed by atoms with van der Waals surface area (Å²) in [5.74, 6) is -1.85. The third-order valence-electron chi connectivity index (χ3n) is 2.28. The van der Waals surface area contributed by atoms with E-state index in [2.05, 4.69) is 10.1 Å². The van der Waals surface area contributed by atoms with Gasteiger partial charge in [0.1, 0.15) is 0 Å². The predicted molar refractivity (Wildman–Crippen MR) is 54.8 cm³/mol. The van der Waals surface area contributed by atoms with Gasteiger partial charge >= 0.3 is 5.97 Å². The first-order valence-electron chi connectivity index (χ1n) is 4.31. The number of carbonyl (C=O) groups excluding carboxylic acids is 2. The van der Waals surface area contributed by atoms with Crippen LogP contribution in [-0.2, 0) is 14.3 Å². The Bertz CT molecular complexity index is 436. The van der Waals surface area contributed by atoms with E-state index < -0.39 is 11.9 Å². The number of esters is 1. The second-order valence-corrected chi connectivity index (χ2v) is 3.61. The van der Waals surface area contributed by atoms with Crippen LogP contribution in [-0.4, -0.2) is 19.0 Å². The number of nitrogens with one attached hydrogen (secondary N) is 1. The molecule has 4 nitrogen and oxygen atoms in total. The smallest absolute Gasteiger partial charge is 0.322 e. The van der Waals surface area contributed by atoms with Crippen LogP contribution in [0.3, 0.4) is 0 Å². The van der Waals surface area contributed by atoms with Gasteiger partial charge in [0, 0.05) is 16.3 Å². The van der Waals surface area contributed by atoms with Gasteiger partial charge in [-0.05, 0) is 18.2 Å². The van der Waals surface area contributed by atoms with Crippen molar-refractivity contribution in [3.8, 4) is 0 Å². The number of halogens is 1. The molecule has 78 valence electrons. The van der Waals surface area contributed by atoms with Gasteiger partial charge in [-0.3, -0.25) is 9.59 Å². The van der Waals surface area contributed by atoms with E-state index >= 15 is 0 Å². The Hall–Kier alpha value is -1.55. The summed E-state index contributed by atoms with van der Waals surface area (Å²) in [6, 6.07) is 4.91. The monoisotopic (exact) mass is 225 g/mol. The molecule has 1 atom stereocenters. The van der Waals surface area contributed by atoms with Gasteiger partial charge in [-0.2, -0.15) is 0 Å². The molecule has 0 spiro atoms. The minimum Gasteiger partial charge on any atom is -0.468 e. The lowest BCUT2D eigenvalue weighted by Crippen LogP contribution is -2.21. The Morgan fingerprint density at radius 1 is 1.53 bits per heavy atom. The molecule has 15 heavy (non-hydrogen) atoms. The van der Waals surface area contributed by atoms with Crippen molar-refractivity contribution in [3.05, 3.63) is 28.8 Å². The number of rotatable bonds is 1. The topological polar surface area (TPSA) is 55.4 Å². The standard InChI is InChI=1S/C10H8ClNO3/c1-15-10(14)8-6-4-5(11)2-3-7(6)12-9(8)13/h2-4,8H,1H3,(H,12,13). The average molecular weight is 226 g/mol. The highest BCUT2D eigenvalue weighted by Gasteiger charge is 2.37. The maximum absolute atomic E-state index is 11.5. The molecule has 0 fully saturated rings. The minimum atomic E-state index is -0.899. The average Bonchev–Trinajstić information content (AvgIpc) is 2.52. The summed E-state index contributed by atoms with van der Waals surface area (Å²) in [6.45, 7) is 0. The fourth-order valence-electron chi connectivity index (χ4n) is 1.58. The summed E-state index contributed by atoms with van der Waals surface area (Å²) >= 11 is 5.79. The SMILES string of the molecule is COC(=O)C1C(=O)Nc2ccc(Cl)cc21. The number of amides is 1. The zero-order chi connectivity index (χ0) is 11.0. The number of methoxy groups -OCH3 is 1. The molecule has 1 aromatic carbocycles. The van der Waals surface area contributed by atoms with Crippen molar-refractivity contribution in [2.45, 2.75) is 5.92 Å². The van der Waals surface area contributed by atoms with Crippen molar-refractivity contribution < 1.29 is 14.3 Å². The molecule has 2 rings (SSSR count). The van der Waals surface area contributed by atoms with Crippen LogP contribution in [0.4, 0.5) is 5.69 Å². The maximum Gasteiger partial charge on any atom is 0.322 e. The van der Waals surface area contributed by atoms with E-state index in [1.165, 1.54) is 7.11 Å². The molecule has 1 N–H and O–H groups in total. The van der Waals surface area contributed by atoms with Gasteiger partial charge in [0.25, 0.3) is 0 Å². The fourth-order valence-corrected chi connectivity index (χ4v) is 1.76. The van der Waals surface area contributed by atoms with E-state index in [0.717, 1.165) is 0 Å². The molecule has 0 bridgehead atoms. The number of fused-ring (bicyclic) bond motifs is 1. The van der Waals surface area contributed by atoms with Gasteiger partial charge in [0.2, 0.25) is 5.91 Å². The van der Waals surface area contributed by atoms with Crippen molar-refractivity contribution >= 4 is 29.2 Å². The Labute approximate surface area is 91.2 Å². The molecule has 0 saturated heterocycles. The molecule has 0 radical (unpaired) electrons. The molecule has 0 saturated carbocycles. The molecule has 1 aromatic rings. The Morgan fingerprint density at radius 2 is 2.27 bits per heavy atom. The maximum atomic E-state index is 11.5. The van der Waals surface area contributed by atoms with Crippen LogP contribution in [0.15, 0.2) is 18.2 Å². The van der Waals surface area contributed by atoms with Crippen LogP contribution in [0.25, 0.3) is 0 Å². The molecule has 0 aromatic heterocycles. The third kappa shape index (κ3) is 1.57. The predicted octanol–water partition coefficient (Wildman–Crippen LogP) is 1.55. The normalized spacial score (nSPS) is 18.3. The lowest BCUT2D eigenvalue weighted by atomic mass is 10.0. The first kappa shape index (κ1) is 9.98. The van der Waals surface area contributed by atoms with Gasteiger partial charge in [0.05, 0.1) is 7.11 Å². The van der Waals surface area contributed by atoms with Crippen LogP contribution in [0.1, 0.15) is 11.5 Å². The molecule has 1 aliphatic rings. The van der Waals surface area contributed by atoms with Crippen molar-refractivity contribution in [2.75, 3.05) is 12.4 Å². The second-order valence-electron chi connectivity index (χ2n) is 3.18. The summed E-state index contributed by atoms with van der Waals surface area (Å²) in [5.41, 5.74) is 1.18. The summed E-state index contributed by atoms with van der Waals surface area (Å²) in [7, 11) is 1.25. The van der Waals surface area contributed by atoms with E-state index in [4.69, 9.17) is 11.6 Å². The molecule has 1 heterocycles. The summed E-state index contributed by atoms with van der Waals surface area (Å²) in [4.78, 5) is 22.9. The molecule has 1 aliphatic heterocycles. The summed E-state index contributed by atoms with van der Waals surface area (Å²) in [5, 5.41) is 3.08. The largest absolute Gasteiger partial charge is 0.468 e. The van der Waals surface area contributed by atoms with Crippen LogP contribution in [0.5, 0.6) is 0 Å². The van der Waals surface area contributed by atoms with Crippen LogP contribution in [0.2, 0.25) is 5.02 Å². The number of anilines is 1. The zero-order valence-corrected chi connectivity index (χ0v) is 8.67. The van der Waals surface area contributed by atoms with E-state index in [9.17, 15) is 9.59 Å². The number of benzene rings is 1. The van der Waals surface area contributed by atoms with Crippen LogP contribution >= 0.6 is 11.6 Å². The highest BCUT2D eigenvalue weighted by atomic mass is 35.5. The first-order chi connectivity index (χ1) is 7.13. The lowest BCUT2D eigenvalue weighted by molar-refractivity contribution is -0.144. The lowest BCUT2D eigenvalue weighted by Gasteiger charge is -2.05. The Balaban J connectivity index is 2.48. The van der Waals surface area contributed by atoms with Crippen molar-refractivity contribution in [1.82, 2.24) is 0 Å². The molecule has 1 amide bonds. The van der Waals surface area contributed by atoms with E-state index in [1.54, 1.807) is 18.2 Å². The molecule has 1 unspecified atom stereocenters. The molecular weight excluding hydrogens is 218 g/mol. The van der Waals surface area contributed by atoms with Gasteiger partial charge in [0.15, 0.2) is 5.92 Å². The van der Waals surface area contributed by atoms with Crippen LogP contribution in [0, 0.1) is 0 Å².